The highest BCUT2D eigenvalue weighted by Gasteiger charge is 2.13. The van der Waals surface area contributed by atoms with E-state index in [1.165, 1.54) is 5.56 Å². The van der Waals surface area contributed by atoms with Gasteiger partial charge in [0, 0.05) is 20.2 Å². The Labute approximate surface area is 110 Å². The molecule has 0 atom stereocenters. The molecule has 0 aliphatic heterocycles. The summed E-state index contributed by atoms with van der Waals surface area (Å²) in [6, 6.07) is 8.32. The normalized spacial score (nSPS) is 11.6. The van der Waals surface area contributed by atoms with Gasteiger partial charge in [-0.05, 0) is 23.1 Å². The van der Waals surface area contributed by atoms with Gasteiger partial charge in [0.1, 0.15) is 12.4 Å². The zero-order valence-corrected chi connectivity index (χ0v) is 12.0. The highest BCUT2D eigenvalue weighted by Crippen LogP contribution is 2.25. The maximum atomic E-state index is 5.72. The van der Waals surface area contributed by atoms with E-state index in [1.807, 2.05) is 12.1 Å². The summed E-state index contributed by atoms with van der Waals surface area (Å²) in [5, 5.41) is 3.25. The summed E-state index contributed by atoms with van der Waals surface area (Å²) in [5.74, 6) is 0.941. The molecule has 0 aromatic heterocycles. The molecule has 0 saturated carbocycles. The van der Waals surface area contributed by atoms with Crippen LogP contribution in [0.2, 0.25) is 0 Å². The summed E-state index contributed by atoms with van der Waals surface area (Å²) in [6.45, 7) is 9.73. The van der Waals surface area contributed by atoms with Crippen LogP contribution in [0.4, 0.5) is 0 Å². The van der Waals surface area contributed by atoms with E-state index in [4.69, 9.17) is 9.47 Å². The summed E-state index contributed by atoms with van der Waals surface area (Å²) >= 11 is 0. The zero-order valence-electron chi connectivity index (χ0n) is 12.0. The van der Waals surface area contributed by atoms with Crippen molar-refractivity contribution in [1.82, 2.24) is 5.32 Å². The van der Waals surface area contributed by atoms with Crippen LogP contribution in [0, 0.1) is 0 Å². The van der Waals surface area contributed by atoms with Crippen LogP contribution in [0.25, 0.3) is 0 Å². The largest absolute Gasteiger partial charge is 0.492 e. The van der Waals surface area contributed by atoms with Crippen molar-refractivity contribution in [2.24, 2.45) is 0 Å². The first-order valence-electron chi connectivity index (χ1n) is 6.47. The minimum Gasteiger partial charge on any atom is -0.492 e. The quantitative estimate of drug-likeness (QED) is 0.756. The van der Waals surface area contributed by atoms with Crippen molar-refractivity contribution in [3.8, 4) is 5.75 Å². The Hall–Kier alpha value is -1.06. The fourth-order valence-corrected chi connectivity index (χ4v) is 1.59. The van der Waals surface area contributed by atoms with Crippen LogP contribution in [-0.4, -0.2) is 33.4 Å². The van der Waals surface area contributed by atoms with Gasteiger partial charge in [-0.2, -0.15) is 0 Å². The lowest BCUT2D eigenvalue weighted by atomic mass is 9.87. The number of nitrogens with one attached hydrogen (secondary N) is 1. The van der Waals surface area contributed by atoms with Gasteiger partial charge in [-0.1, -0.05) is 32.9 Å². The lowest BCUT2D eigenvalue weighted by Crippen LogP contribution is -2.24. The molecule has 1 rings (SSSR count). The average Bonchev–Trinajstić information content (AvgIpc) is 2.33. The smallest absolute Gasteiger partial charge is 0.119 e. The Morgan fingerprint density at radius 1 is 1.11 bits per heavy atom. The minimum absolute atomic E-state index is 0.163. The third-order valence-electron chi connectivity index (χ3n) is 2.73. The monoisotopic (exact) mass is 251 g/mol. The topological polar surface area (TPSA) is 30.5 Å². The van der Waals surface area contributed by atoms with Crippen LogP contribution in [0.5, 0.6) is 5.75 Å². The number of methoxy groups -OCH3 is 1. The van der Waals surface area contributed by atoms with E-state index in [0.29, 0.717) is 6.61 Å². The second-order valence-corrected chi connectivity index (χ2v) is 5.37. The lowest BCUT2D eigenvalue weighted by Gasteiger charge is -2.19. The van der Waals surface area contributed by atoms with Gasteiger partial charge in [0.25, 0.3) is 0 Å². The molecule has 0 bridgehead atoms. The molecule has 1 aromatic rings. The van der Waals surface area contributed by atoms with Crippen molar-refractivity contribution in [3.63, 3.8) is 0 Å². The minimum atomic E-state index is 0.163. The van der Waals surface area contributed by atoms with Crippen LogP contribution in [0.1, 0.15) is 26.3 Å². The highest BCUT2D eigenvalue weighted by atomic mass is 16.5. The third kappa shape index (κ3) is 5.52. The molecule has 0 saturated heterocycles. The first kappa shape index (κ1) is 15.0. The van der Waals surface area contributed by atoms with Gasteiger partial charge in [-0.25, -0.2) is 0 Å². The number of benzene rings is 1. The van der Waals surface area contributed by atoms with Crippen LogP contribution in [0.3, 0.4) is 0 Å². The van der Waals surface area contributed by atoms with Crippen LogP contribution in [-0.2, 0) is 10.2 Å². The van der Waals surface area contributed by atoms with Crippen molar-refractivity contribution in [2.75, 3.05) is 33.4 Å². The van der Waals surface area contributed by atoms with Gasteiger partial charge in [0.2, 0.25) is 0 Å². The molecule has 102 valence electrons. The third-order valence-corrected chi connectivity index (χ3v) is 2.73. The standard InChI is InChI=1S/C15H25NO2/c1-15(2,3)13-6-5-7-14(12-13)18-11-9-16-8-10-17-4/h5-7,12,16H,8-11H2,1-4H3. The van der Waals surface area contributed by atoms with E-state index in [2.05, 4.69) is 38.2 Å². The summed E-state index contributed by atoms with van der Waals surface area (Å²) in [6.07, 6.45) is 0. The first-order valence-corrected chi connectivity index (χ1v) is 6.47. The second-order valence-electron chi connectivity index (χ2n) is 5.37. The number of rotatable bonds is 7. The highest BCUT2D eigenvalue weighted by molar-refractivity contribution is 5.32. The Morgan fingerprint density at radius 2 is 1.83 bits per heavy atom. The predicted octanol–water partition coefficient (Wildman–Crippen LogP) is 2.60. The molecule has 0 spiro atoms. The van der Waals surface area contributed by atoms with Crippen LogP contribution in [0.15, 0.2) is 24.3 Å². The second kappa shape index (κ2) is 7.39. The predicted molar refractivity (Wildman–Crippen MR) is 75.4 cm³/mol. The molecule has 0 amide bonds. The number of ether oxygens (including phenoxy) is 2. The van der Waals surface area contributed by atoms with E-state index in [9.17, 15) is 0 Å². The molecular formula is C15H25NO2. The van der Waals surface area contributed by atoms with Gasteiger partial charge >= 0.3 is 0 Å². The molecule has 0 aliphatic rings. The van der Waals surface area contributed by atoms with Crippen LogP contribution >= 0.6 is 0 Å². The van der Waals surface area contributed by atoms with Gasteiger partial charge in [0.05, 0.1) is 6.61 Å². The SMILES string of the molecule is COCCNCCOc1cccc(C(C)(C)C)c1. The lowest BCUT2D eigenvalue weighted by molar-refractivity contribution is 0.196. The summed E-state index contributed by atoms with van der Waals surface area (Å²) in [7, 11) is 1.70. The Kier molecular flexibility index (Phi) is 6.16. The molecule has 1 aromatic carbocycles. The molecule has 0 radical (unpaired) electrons. The van der Waals surface area contributed by atoms with Gasteiger partial charge < -0.3 is 14.8 Å². The molecule has 18 heavy (non-hydrogen) atoms. The Morgan fingerprint density at radius 3 is 2.50 bits per heavy atom. The van der Waals surface area contributed by atoms with Crippen LogP contribution < -0.4 is 10.1 Å². The molecule has 0 fully saturated rings. The summed E-state index contributed by atoms with van der Waals surface area (Å²) in [5.41, 5.74) is 1.46. The Bertz CT molecular complexity index is 345. The van der Waals surface area contributed by atoms with E-state index < -0.39 is 0 Å². The molecule has 0 unspecified atom stereocenters. The first-order chi connectivity index (χ1) is 8.54. The van der Waals surface area contributed by atoms with Gasteiger partial charge in [-0.3, -0.25) is 0 Å². The number of hydrogen-bond acceptors (Lipinski definition) is 3. The van der Waals surface area contributed by atoms with Gasteiger partial charge in [-0.15, -0.1) is 0 Å². The van der Waals surface area contributed by atoms with E-state index in [-0.39, 0.29) is 5.41 Å². The zero-order chi connectivity index (χ0) is 13.4. The average molecular weight is 251 g/mol. The molecule has 3 nitrogen and oxygen atoms in total. The maximum Gasteiger partial charge on any atom is 0.119 e. The Balaban J connectivity index is 2.34. The van der Waals surface area contributed by atoms with E-state index in [1.54, 1.807) is 7.11 Å². The van der Waals surface area contributed by atoms with Crippen molar-refractivity contribution in [1.29, 1.82) is 0 Å². The molecule has 0 heterocycles. The molecular weight excluding hydrogens is 226 g/mol. The summed E-state index contributed by atoms with van der Waals surface area (Å²) < 4.78 is 10.7. The molecule has 3 heteroatoms. The van der Waals surface area contributed by atoms with Crippen molar-refractivity contribution in [2.45, 2.75) is 26.2 Å². The van der Waals surface area contributed by atoms with Crippen molar-refractivity contribution in [3.05, 3.63) is 29.8 Å². The molecule has 1 N–H and O–H groups in total. The van der Waals surface area contributed by atoms with Crippen molar-refractivity contribution < 1.29 is 9.47 Å². The maximum absolute atomic E-state index is 5.72. The fraction of sp³-hybridized carbons (Fsp3) is 0.600. The van der Waals surface area contributed by atoms with E-state index in [0.717, 1.165) is 25.4 Å². The van der Waals surface area contributed by atoms with Crippen molar-refractivity contribution >= 4 is 0 Å². The summed E-state index contributed by atoms with van der Waals surface area (Å²) in [4.78, 5) is 0. The van der Waals surface area contributed by atoms with E-state index >= 15 is 0 Å². The van der Waals surface area contributed by atoms with Gasteiger partial charge in [0.15, 0.2) is 0 Å². The fourth-order valence-electron chi connectivity index (χ4n) is 1.59. The molecule has 0 aliphatic carbocycles. The number of hydrogen-bond donors (Lipinski definition) is 1.